The van der Waals surface area contributed by atoms with Crippen LogP contribution in [0.4, 0.5) is 0 Å². The lowest BCUT2D eigenvalue weighted by atomic mass is 10.1. The Bertz CT molecular complexity index is 367. The number of nitriles is 1. The second-order valence-electron chi connectivity index (χ2n) is 3.18. The summed E-state index contributed by atoms with van der Waals surface area (Å²) in [6.07, 6.45) is 3.48. The molecule has 0 heterocycles. The Morgan fingerprint density at radius 2 is 2.43 bits per heavy atom. The molecule has 0 aromatic rings. The molecule has 0 fully saturated rings. The third-order valence-electron chi connectivity index (χ3n) is 2.07. The molecule has 2 atom stereocenters. The lowest BCUT2D eigenvalue weighted by Crippen LogP contribution is -2.15. The maximum absolute atomic E-state index is 11.3. The largest absolute Gasteiger partial charge is 0.248 e. The van der Waals surface area contributed by atoms with Crippen LogP contribution in [0.5, 0.6) is 0 Å². The van der Waals surface area contributed by atoms with Crippen molar-refractivity contribution in [1.82, 2.24) is 0 Å². The van der Waals surface area contributed by atoms with Gasteiger partial charge in [-0.1, -0.05) is 21.5 Å². The van der Waals surface area contributed by atoms with E-state index in [-0.39, 0.29) is 4.83 Å². The maximum atomic E-state index is 11.3. The van der Waals surface area contributed by atoms with Crippen LogP contribution in [0.3, 0.4) is 0 Å². The van der Waals surface area contributed by atoms with Crippen molar-refractivity contribution in [1.29, 1.82) is 5.26 Å². The van der Waals surface area contributed by atoms with Crippen LogP contribution in [0, 0.1) is 11.3 Å². The molecule has 0 amide bonds. The van der Waals surface area contributed by atoms with Crippen LogP contribution in [-0.4, -0.2) is 9.04 Å². The molecule has 0 saturated heterocycles. The molecule has 0 bridgehead atoms. The molecule has 0 aromatic carbocycles. The molecule has 2 unspecified atom stereocenters. The quantitative estimate of drug-likeness (QED) is 0.742. The highest BCUT2D eigenvalue weighted by molar-refractivity contribution is 9.09. The van der Waals surface area contributed by atoms with Gasteiger partial charge in [0.1, 0.15) is 17.1 Å². The zero-order chi connectivity index (χ0) is 10.7. The van der Waals surface area contributed by atoms with E-state index in [0.717, 1.165) is 18.4 Å². The van der Waals surface area contributed by atoms with Crippen LogP contribution in [0.15, 0.2) is 22.1 Å². The SMILES string of the molecule is CC1=CC(C#N)=C(S(N)=O)C(Br)CC1. The lowest BCUT2D eigenvalue weighted by Gasteiger charge is -2.09. The van der Waals surface area contributed by atoms with Gasteiger partial charge in [-0.3, -0.25) is 0 Å². The number of hydrogen-bond acceptors (Lipinski definition) is 2. The van der Waals surface area contributed by atoms with Crippen LogP contribution >= 0.6 is 15.9 Å². The number of rotatable bonds is 1. The van der Waals surface area contributed by atoms with Gasteiger partial charge in [0.05, 0.1) is 15.3 Å². The fourth-order valence-corrected chi connectivity index (χ4v) is 3.09. The van der Waals surface area contributed by atoms with Crippen LogP contribution in [0.2, 0.25) is 0 Å². The number of halogens is 1. The average molecular weight is 275 g/mol. The molecule has 0 radical (unpaired) electrons. The number of nitrogens with two attached hydrogens (primary N) is 1. The van der Waals surface area contributed by atoms with Gasteiger partial charge in [0, 0.05) is 0 Å². The van der Waals surface area contributed by atoms with Gasteiger partial charge in [0.15, 0.2) is 0 Å². The first-order valence-corrected chi connectivity index (χ1v) is 6.30. The molecule has 0 saturated carbocycles. The number of nitrogens with zero attached hydrogens (tertiary/aromatic N) is 1. The van der Waals surface area contributed by atoms with Gasteiger partial charge in [-0.25, -0.2) is 9.35 Å². The van der Waals surface area contributed by atoms with Crippen molar-refractivity contribution in [3.8, 4) is 6.07 Å². The molecule has 1 aliphatic rings. The topological polar surface area (TPSA) is 66.9 Å². The Labute approximate surface area is 94.4 Å². The molecule has 0 aromatic heterocycles. The molecule has 14 heavy (non-hydrogen) atoms. The van der Waals surface area contributed by atoms with Crippen molar-refractivity contribution in [2.45, 2.75) is 24.6 Å². The molecular formula is C9H11BrN2OS. The highest BCUT2D eigenvalue weighted by atomic mass is 79.9. The Morgan fingerprint density at radius 1 is 1.79 bits per heavy atom. The molecule has 0 aliphatic heterocycles. The van der Waals surface area contributed by atoms with Crippen molar-refractivity contribution >= 4 is 26.9 Å². The monoisotopic (exact) mass is 274 g/mol. The fourth-order valence-electron chi connectivity index (χ4n) is 1.37. The second kappa shape index (κ2) is 4.87. The standard InChI is InChI=1S/C9H11BrN2OS/c1-6-2-3-8(10)9(14(12)13)7(4-6)5-11/h4,8H,2-3,12H2,1H3. The van der Waals surface area contributed by atoms with E-state index in [1.807, 2.05) is 13.0 Å². The van der Waals surface area contributed by atoms with Gasteiger partial charge in [0.25, 0.3) is 0 Å². The van der Waals surface area contributed by atoms with Crippen LogP contribution in [0.25, 0.3) is 0 Å². The highest BCUT2D eigenvalue weighted by Crippen LogP contribution is 2.28. The van der Waals surface area contributed by atoms with Gasteiger partial charge in [-0.05, 0) is 25.8 Å². The van der Waals surface area contributed by atoms with E-state index in [1.165, 1.54) is 0 Å². The van der Waals surface area contributed by atoms with Crippen LogP contribution in [0.1, 0.15) is 19.8 Å². The third-order valence-corrected chi connectivity index (χ3v) is 4.23. The van der Waals surface area contributed by atoms with Crippen molar-refractivity contribution in [3.63, 3.8) is 0 Å². The van der Waals surface area contributed by atoms with Gasteiger partial charge >= 0.3 is 0 Å². The molecule has 0 spiro atoms. The second-order valence-corrected chi connectivity index (χ2v) is 5.32. The summed E-state index contributed by atoms with van der Waals surface area (Å²) >= 11 is 3.40. The van der Waals surface area contributed by atoms with E-state index < -0.39 is 11.0 Å². The Kier molecular flexibility index (Phi) is 4.05. The van der Waals surface area contributed by atoms with E-state index >= 15 is 0 Å². The number of alkyl halides is 1. The summed E-state index contributed by atoms with van der Waals surface area (Å²) in [5.74, 6) is 0. The Morgan fingerprint density at radius 3 is 2.93 bits per heavy atom. The van der Waals surface area contributed by atoms with Gasteiger partial charge in [-0.2, -0.15) is 5.26 Å². The minimum Gasteiger partial charge on any atom is -0.248 e. The molecule has 76 valence electrons. The summed E-state index contributed by atoms with van der Waals surface area (Å²) in [7, 11) is -1.57. The molecule has 2 N–H and O–H groups in total. The third kappa shape index (κ3) is 2.53. The van der Waals surface area contributed by atoms with Crippen molar-refractivity contribution < 1.29 is 4.21 Å². The predicted molar refractivity (Wildman–Crippen MR) is 60.7 cm³/mol. The first-order valence-electron chi connectivity index (χ1n) is 4.18. The first-order chi connectivity index (χ1) is 6.56. The summed E-state index contributed by atoms with van der Waals surface area (Å²) in [5, 5.41) is 14.2. The van der Waals surface area contributed by atoms with E-state index in [1.54, 1.807) is 6.08 Å². The van der Waals surface area contributed by atoms with Gasteiger partial charge in [0.2, 0.25) is 0 Å². The minimum atomic E-state index is -1.57. The smallest absolute Gasteiger partial charge is 0.120 e. The summed E-state index contributed by atoms with van der Waals surface area (Å²) in [6.45, 7) is 1.96. The molecule has 3 nitrogen and oxygen atoms in total. The van der Waals surface area contributed by atoms with Crippen LogP contribution < -0.4 is 5.14 Å². The van der Waals surface area contributed by atoms with E-state index in [0.29, 0.717) is 10.5 Å². The molecule has 1 rings (SSSR count). The van der Waals surface area contributed by atoms with Crippen molar-refractivity contribution in [2.75, 3.05) is 0 Å². The summed E-state index contributed by atoms with van der Waals surface area (Å²) in [6, 6.07) is 2.04. The summed E-state index contributed by atoms with van der Waals surface area (Å²) < 4.78 is 11.3. The van der Waals surface area contributed by atoms with Crippen molar-refractivity contribution in [3.05, 3.63) is 22.1 Å². The Hall–Kier alpha value is -0.440. The predicted octanol–water partition coefficient (Wildman–Crippen LogP) is 1.89. The summed E-state index contributed by atoms with van der Waals surface area (Å²) in [4.78, 5) is 0.445. The number of allylic oxidation sites excluding steroid dienone is 4. The van der Waals surface area contributed by atoms with Gasteiger partial charge < -0.3 is 0 Å². The van der Waals surface area contributed by atoms with Gasteiger partial charge in [-0.15, -0.1) is 0 Å². The normalized spacial score (nSPS) is 25.0. The van der Waals surface area contributed by atoms with Crippen LogP contribution in [-0.2, 0) is 11.0 Å². The lowest BCUT2D eigenvalue weighted by molar-refractivity contribution is 0.686. The Balaban J connectivity index is 3.24. The molecule has 5 heteroatoms. The highest BCUT2D eigenvalue weighted by Gasteiger charge is 2.21. The molecular weight excluding hydrogens is 264 g/mol. The first kappa shape index (κ1) is 11.6. The summed E-state index contributed by atoms with van der Waals surface area (Å²) in [5.41, 5.74) is 1.55. The van der Waals surface area contributed by atoms with E-state index in [4.69, 9.17) is 10.4 Å². The zero-order valence-electron chi connectivity index (χ0n) is 7.79. The number of hydrogen-bond donors (Lipinski definition) is 1. The van der Waals surface area contributed by atoms with Crippen molar-refractivity contribution in [2.24, 2.45) is 5.14 Å². The van der Waals surface area contributed by atoms with E-state index in [2.05, 4.69) is 15.9 Å². The maximum Gasteiger partial charge on any atom is 0.120 e. The fraction of sp³-hybridized carbons (Fsp3) is 0.444. The molecule has 1 aliphatic carbocycles. The minimum absolute atomic E-state index is 0.0586. The average Bonchev–Trinajstić information content (AvgIpc) is 2.25. The van der Waals surface area contributed by atoms with E-state index in [9.17, 15) is 4.21 Å². The zero-order valence-corrected chi connectivity index (χ0v) is 10.2.